The van der Waals surface area contributed by atoms with E-state index in [-0.39, 0.29) is 17.0 Å². The highest BCUT2D eigenvalue weighted by Gasteiger charge is 2.66. The number of esters is 1. The predicted octanol–water partition coefficient (Wildman–Crippen LogP) is 4.51. The van der Waals surface area contributed by atoms with Crippen LogP contribution in [-0.4, -0.2) is 17.4 Å². The summed E-state index contributed by atoms with van der Waals surface area (Å²) in [5, 5.41) is 0. The maximum Gasteiger partial charge on any atom is 0.331 e. The van der Waals surface area contributed by atoms with Gasteiger partial charge in [0.2, 0.25) is 0 Å². The molecule has 3 fully saturated rings. The lowest BCUT2D eigenvalue weighted by atomic mass is 9.50. The van der Waals surface area contributed by atoms with Gasteiger partial charge in [-0.3, -0.25) is 4.79 Å². The Labute approximate surface area is 155 Å². The van der Waals surface area contributed by atoms with Gasteiger partial charge in [-0.25, -0.2) is 4.79 Å². The Hall–Kier alpha value is -1.38. The van der Waals surface area contributed by atoms with Crippen molar-refractivity contribution in [1.29, 1.82) is 0 Å². The number of ketones is 1. The summed E-state index contributed by atoms with van der Waals surface area (Å²) in [7, 11) is 0. The number of hydrogen-bond acceptors (Lipinski definition) is 3. The molecule has 0 aromatic heterocycles. The van der Waals surface area contributed by atoms with Crippen LogP contribution < -0.4 is 0 Å². The van der Waals surface area contributed by atoms with E-state index in [9.17, 15) is 9.59 Å². The summed E-state index contributed by atoms with van der Waals surface area (Å²) < 4.78 is 5.94. The largest absolute Gasteiger partial charge is 0.451 e. The molecule has 2 spiro atoms. The molecule has 1 aliphatic heterocycles. The first-order valence-corrected chi connectivity index (χ1v) is 10.6. The van der Waals surface area contributed by atoms with Crippen LogP contribution in [0.4, 0.5) is 0 Å². The Morgan fingerprint density at radius 1 is 1.08 bits per heavy atom. The average molecular weight is 352 g/mol. The number of rotatable bonds is 0. The van der Waals surface area contributed by atoms with Gasteiger partial charge in [-0.1, -0.05) is 18.1 Å². The highest BCUT2D eigenvalue weighted by atomic mass is 16.6. The van der Waals surface area contributed by atoms with E-state index >= 15 is 0 Å². The molecule has 0 amide bonds. The molecular weight excluding hydrogens is 324 g/mol. The number of allylic oxidation sites excluding steroid dienone is 2. The summed E-state index contributed by atoms with van der Waals surface area (Å²) in [6, 6.07) is 0. The fraction of sp³-hybridized carbons (Fsp3) is 0.739. The van der Waals surface area contributed by atoms with Gasteiger partial charge in [-0.2, -0.15) is 0 Å². The number of Topliss-reactive ketones (excluding diaryl/α,β-unsaturated/α-hetero) is 1. The SMILES string of the molecule is C[C@]12CCC3C4=C(CC(=O)CC4)C4(CC4)CC3C1CC[C@@]21C=CC(=O)O1. The van der Waals surface area contributed by atoms with Crippen LogP contribution in [0.15, 0.2) is 23.3 Å². The first-order valence-electron chi connectivity index (χ1n) is 10.6. The van der Waals surface area contributed by atoms with Gasteiger partial charge in [0.1, 0.15) is 11.4 Å². The molecule has 3 nitrogen and oxygen atoms in total. The normalized spacial score (nSPS) is 47.8. The van der Waals surface area contributed by atoms with Gasteiger partial charge in [0.05, 0.1) is 0 Å². The van der Waals surface area contributed by atoms with Crippen molar-refractivity contribution in [2.45, 2.75) is 76.7 Å². The van der Waals surface area contributed by atoms with Crippen LogP contribution in [0.25, 0.3) is 0 Å². The Balaban J connectivity index is 1.40. The molecule has 0 radical (unpaired) electrons. The van der Waals surface area contributed by atoms with E-state index in [1.54, 1.807) is 17.2 Å². The quantitative estimate of drug-likeness (QED) is 0.476. The van der Waals surface area contributed by atoms with Crippen LogP contribution in [0, 0.1) is 28.6 Å². The van der Waals surface area contributed by atoms with Crippen molar-refractivity contribution in [3.05, 3.63) is 23.3 Å². The molecule has 3 saturated carbocycles. The Bertz CT molecular complexity index is 785. The molecule has 0 bridgehead atoms. The Kier molecular flexibility index (Phi) is 2.84. The van der Waals surface area contributed by atoms with E-state index in [1.807, 2.05) is 0 Å². The maximum atomic E-state index is 12.1. The van der Waals surface area contributed by atoms with Gasteiger partial charge in [0.15, 0.2) is 0 Å². The molecule has 3 unspecified atom stereocenters. The van der Waals surface area contributed by atoms with E-state index in [4.69, 9.17) is 4.74 Å². The summed E-state index contributed by atoms with van der Waals surface area (Å²) >= 11 is 0. The van der Waals surface area contributed by atoms with Crippen molar-refractivity contribution >= 4 is 11.8 Å². The zero-order chi connectivity index (χ0) is 17.7. The van der Waals surface area contributed by atoms with Gasteiger partial charge in [-0.15, -0.1) is 0 Å². The third kappa shape index (κ3) is 1.75. The van der Waals surface area contributed by atoms with Gasteiger partial charge < -0.3 is 4.74 Å². The number of carbonyl (C=O) groups is 2. The molecule has 0 aromatic rings. The zero-order valence-corrected chi connectivity index (χ0v) is 15.7. The molecule has 0 N–H and O–H groups in total. The van der Waals surface area contributed by atoms with Crippen LogP contribution >= 0.6 is 0 Å². The molecule has 26 heavy (non-hydrogen) atoms. The molecule has 6 aliphatic rings. The summed E-state index contributed by atoms with van der Waals surface area (Å²) in [5.74, 6) is 2.40. The number of hydrogen-bond donors (Lipinski definition) is 0. The summed E-state index contributed by atoms with van der Waals surface area (Å²) in [4.78, 5) is 24.0. The molecule has 5 aliphatic carbocycles. The molecule has 5 atom stereocenters. The monoisotopic (exact) mass is 352 g/mol. The fourth-order valence-electron chi connectivity index (χ4n) is 7.92. The van der Waals surface area contributed by atoms with E-state index in [2.05, 4.69) is 13.0 Å². The second kappa shape index (κ2) is 4.72. The fourth-order valence-corrected chi connectivity index (χ4v) is 7.92. The maximum absolute atomic E-state index is 12.1. The third-order valence-corrected chi connectivity index (χ3v) is 9.39. The standard InChI is InChI=1S/C23H28O3/c1-21-7-4-15-16-3-2-14(24)12-19(16)22(10-11-22)13-17(15)18(21)5-8-23(21)9-6-20(25)26-23/h6,9,15,17-18H,2-5,7-8,10-13H2,1H3/t15?,17?,18?,21-,23+/m0/s1. The summed E-state index contributed by atoms with van der Waals surface area (Å²) in [6.45, 7) is 2.40. The van der Waals surface area contributed by atoms with E-state index < -0.39 is 0 Å². The van der Waals surface area contributed by atoms with Crippen molar-refractivity contribution < 1.29 is 14.3 Å². The minimum Gasteiger partial charge on any atom is -0.451 e. The summed E-state index contributed by atoms with van der Waals surface area (Å²) in [5.41, 5.74) is 3.41. The first-order chi connectivity index (χ1) is 12.5. The highest BCUT2D eigenvalue weighted by molar-refractivity contribution is 5.85. The van der Waals surface area contributed by atoms with Crippen molar-refractivity contribution in [3.8, 4) is 0 Å². The van der Waals surface area contributed by atoms with Crippen molar-refractivity contribution in [3.63, 3.8) is 0 Å². The molecule has 0 aromatic carbocycles. The number of carbonyl (C=O) groups excluding carboxylic acids is 2. The minimum absolute atomic E-state index is 0.0927. The topological polar surface area (TPSA) is 43.4 Å². The second-order valence-corrected chi connectivity index (χ2v) is 10.2. The Morgan fingerprint density at radius 2 is 1.92 bits per heavy atom. The lowest BCUT2D eigenvalue weighted by molar-refractivity contribution is -0.160. The summed E-state index contributed by atoms with van der Waals surface area (Å²) in [6.07, 6.45) is 14.7. The van der Waals surface area contributed by atoms with Gasteiger partial charge >= 0.3 is 5.97 Å². The minimum atomic E-state index is -0.340. The molecular formula is C23H28O3. The van der Waals surface area contributed by atoms with Crippen LogP contribution in [0.3, 0.4) is 0 Å². The molecule has 0 saturated heterocycles. The lowest BCUT2D eigenvalue weighted by Crippen LogP contribution is -2.52. The number of ether oxygens (including phenoxy) is 1. The average Bonchev–Trinajstić information content (AvgIpc) is 3.19. The molecule has 1 heterocycles. The van der Waals surface area contributed by atoms with Crippen molar-refractivity contribution in [2.24, 2.45) is 28.6 Å². The van der Waals surface area contributed by atoms with Gasteiger partial charge in [0, 0.05) is 24.3 Å². The highest BCUT2D eigenvalue weighted by Crippen LogP contribution is 2.71. The van der Waals surface area contributed by atoms with E-state index in [0.717, 1.165) is 38.0 Å². The van der Waals surface area contributed by atoms with Gasteiger partial charge in [0.25, 0.3) is 0 Å². The van der Waals surface area contributed by atoms with Gasteiger partial charge in [-0.05, 0) is 80.6 Å². The van der Waals surface area contributed by atoms with Crippen LogP contribution in [-0.2, 0) is 14.3 Å². The second-order valence-electron chi connectivity index (χ2n) is 10.2. The molecule has 3 heteroatoms. The van der Waals surface area contributed by atoms with E-state index in [1.165, 1.54) is 32.1 Å². The van der Waals surface area contributed by atoms with Crippen molar-refractivity contribution in [2.75, 3.05) is 0 Å². The zero-order valence-electron chi connectivity index (χ0n) is 15.7. The third-order valence-electron chi connectivity index (χ3n) is 9.39. The number of fused-ring (bicyclic) bond motifs is 6. The van der Waals surface area contributed by atoms with Crippen LogP contribution in [0.1, 0.15) is 71.1 Å². The predicted molar refractivity (Wildman–Crippen MR) is 97.2 cm³/mol. The van der Waals surface area contributed by atoms with Crippen LogP contribution in [0.2, 0.25) is 0 Å². The first kappa shape index (κ1) is 15.7. The Morgan fingerprint density at radius 3 is 2.65 bits per heavy atom. The van der Waals surface area contributed by atoms with Crippen molar-refractivity contribution in [1.82, 2.24) is 0 Å². The molecule has 6 rings (SSSR count). The van der Waals surface area contributed by atoms with Crippen LogP contribution in [0.5, 0.6) is 0 Å². The smallest absolute Gasteiger partial charge is 0.331 e. The van der Waals surface area contributed by atoms with E-state index in [0.29, 0.717) is 23.0 Å². The lowest BCUT2D eigenvalue weighted by Gasteiger charge is -2.55. The molecule has 138 valence electrons.